The lowest BCUT2D eigenvalue weighted by Gasteiger charge is -2.38. The summed E-state index contributed by atoms with van der Waals surface area (Å²) in [4.78, 5) is 14.8. The number of aliphatic hydroxyl groups is 1. The van der Waals surface area contributed by atoms with Crippen LogP contribution >= 0.6 is 11.6 Å². The van der Waals surface area contributed by atoms with Gasteiger partial charge in [-0.25, -0.2) is 0 Å². The van der Waals surface area contributed by atoms with E-state index in [0.29, 0.717) is 35.1 Å². The number of likely N-dealkylation sites (tertiary alicyclic amines) is 1. The summed E-state index contributed by atoms with van der Waals surface area (Å²) in [5.41, 5.74) is 6.46. The van der Waals surface area contributed by atoms with Crippen molar-refractivity contribution in [2.24, 2.45) is 5.92 Å². The van der Waals surface area contributed by atoms with Crippen molar-refractivity contribution < 1.29 is 19.4 Å². The van der Waals surface area contributed by atoms with Crippen molar-refractivity contribution in [1.29, 1.82) is 0 Å². The van der Waals surface area contributed by atoms with Crippen molar-refractivity contribution in [3.05, 3.63) is 22.7 Å². The van der Waals surface area contributed by atoms with Crippen LogP contribution in [-0.4, -0.2) is 68.0 Å². The third kappa shape index (κ3) is 5.29. The lowest BCUT2D eigenvalue weighted by molar-refractivity contribution is -0.0341. The molecule has 2 heterocycles. The van der Waals surface area contributed by atoms with Crippen LogP contribution in [0, 0.1) is 5.92 Å². The first-order valence-corrected chi connectivity index (χ1v) is 10.3. The summed E-state index contributed by atoms with van der Waals surface area (Å²) in [6, 6.07) is 3.05. The highest BCUT2D eigenvalue weighted by molar-refractivity contribution is 6.33. The molecule has 0 radical (unpaired) electrons. The fourth-order valence-corrected chi connectivity index (χ4v) is 4.09. The molecule has 2 aliphatic heterocycles. The highest BCUT2D eigenvalue weighted by Gasteiger charge is 2.30. The second-order valence-electron chi connectivity index (χ2n) is 7.65. The maximum atomic E-state index is 12.6. The zero-order chi connectivity index (χ0) is 20.1. The summed E-state index contributed by atoms with van der Waals surface area (Å²) in [7, 11) is 1.48. The number of rotatable bonds is 6. The Morgan fingerprint density at radius 1 is 1.43 bits per heavy atom. The van der Waals surface area contributed by atoms with Gasteiger partial charge in [0.1, 0.15) is 5.75 Å². The quantitative estimate of drug-likeness (QED) is 0.619. The molecule has 0 bridgehead atoms. The normalized spacial score (nSPS) is 26.0. The fourth-order valence-electron chi connectivity index (χ4n) is 3.92. The van der Waals surface area contributed by atoms with Crippen molar-refractivity contribution >= 4 is 23.2 Å². The first-order valence-electron chi connectivity index (χ1n) is 9.91. The molecule has 2 aliphatic rings. The number of piperidine rings is 1. The molecule has 0 saturated carbocycles. The number of carbonyl (C=O) groups excluding carboxylic acids is 1. The van der Waals surface area contributed by atoms with Gasteiger partial charge in [-0.3, -0.25) is 9.69 Å². The molecule has 156 valence electrons. The van der Waals surface area contributed by atoms with E-state index in [4.69, 9.17) is 26.8 Å². The van der Waals surface area contributed by atoms with Crippen molar-refractivity contribution in [2.45, 2.75) is 37.9 Å². The van der Waals surface area contributed by atoms with Gasteiger partial charge in [0, 0.05) is 38.2 Å². The molecule has 3 rings (SSSR count). The number of amides is 1. The Morgan fingerprint density at radius 2 is 2.25 bits per heavy atom. The highest BCUT2D eigenvalue weighted by atomic mass is 35.5. The molecule has 8 heteroatoms. The number of ether oxygens (including phenoxy) is 2. The molecule has 1 amide bonds. The van der Waals surface area contributed by atoms with Gasteiger partial charge in [-0.05, 0) is 38.3 Å². The molecule has 3 atom stereocenters. The van der Waals surface area contributed by atoms with Crippen molar-refractivity contribution in [1.82, 2.24) is 10.2 Å². The fraction of sp³-hybridized carbons (Fsp3) is 0.650. The third-order valence-electron chi connectivity index (χ3n) is 5.63. The molecule has 4 N–H and O–H groups in total. The average molecular weight is 412 g/mol. The number of nitrogens with one attached hydrogen (secondary N) is 1. The van der Waals surface area contributed by atoms with Gasteiger partial charge in [0.25, 0.3) is 5.91 Å². The molecule has 0 spiro atoms. The topological polar surface area (TPSA) is 97.0 Å². The Kier molecular flexibility index (Phi) is 7.40. The Labute approximate surface area is 171 Å². The number of halogens is 1. The number of hydrogen-bond acceptors (Lipinski definition) is 6. The molecule has 28 heavy (non-hydrogen) atoms. The molecular weight excluding hydrogens is 382 g/mol. The van der Waals surface area contributed by atoms with Crippen LogP contribution in [0.2, 0.25) is 5.02 Å². The highest BCUT2D eigenvalue weighted by Crippen LogP contribution is 2.29. The second kappa shape index (κ2) is 9.78. The summed E-state index contributed by atoms with van der Waals surface area (Å²) in [6.07, 6.45) is 4.08. The van der Waals surface area contributed by atoms with Crippen LogP contribution in [0.5, 0.6) is 5.75 Å². The van der Waals surface area contributed by atoms with Gasteiger partial charge < -0.3 is 25.6 Å². The number of carbonyl (C=O) groups is 1. The first kappa shape index (κ1) is 21.2. The molecular formula is C20H30ClN3O4. The SMILES string of the molecule is COc1cc(N)c(Cl)cc1C(=O)NCC1CCN(CC2CCCCO2)CC1O. The van der Waals surface area contributed by atoms with Crippen molar-refractivity contribution in [3.8, 4) is 5.75 Å². The molecule has 1 aromatic carbocycles. The Hall–Kier alpha value is -1.54. The number of nitrogen functional groups attached to an aromatic ring is 1. The molecule has 2 saturated heterocycles. The Balaban J connectivity index is 1.50. The lowest BCUT2D eigenvalue weighted by atomic mass is 9.93. The summed E-state index contributed by atoms with van der Waals surface area (Å²) in [6.45, 7) is 3.62. The summed E-state index contributed by atoms with van der Waals surface area (Å²) >= 11 is 6.04. The van der Waals surface area contributed by atoms with Crippen LogP contribution in [0.4, 0.5) is 5.69 Å². The van der Waals surface area contributed by atoms with E-state index in [2.05, 4.69) is 10.2 Å². The van der Waals surface area contributed by atoms with E-state index in [1.54, 1.807) is 0 Å². The van der Waals surface area contributed by atoms with E-state index in [9.17, 15) is 9.90 Å². The van der Waals surface area contributed by atoms with Gasteiger partial charge in [-0.2, -0.15) is 0 Å². The van der Waals surface area contributed by atoms with Gasteiger partial charge in [0.15, 0.2) is 0 Å². The maximum Gasteiger partial charge on any atom is 0.255 e. The van der Waals surface area contributed by atoms with Crippen LogP contribution in [0.15, 0.2) is 12.1 Å². The van der Waals surface area contributed by atoms with E-state index in [1.165, 1.54) is 25.7 Å². The minimum absolute atomic E-state index is 0.0164. The van der Waals surface area contributed by atoms with E-state index in [1.807, 2.05) is 0 Å². The number of anilines is 1. The third-order valence-corrected chi connectivity index (χ3v) is 5.96. The molecule has 3 unspecified atom stereocenters. The average Bonchev–Trinajstić information content (AvgIpc) is 2.69. The van der Waals surface area contributed by atoms with E-state index in [0.717, 1.165) is 39.0 Å². The maximum absolute atomic E-state index is 12.6. The lowest BCUT2D eigenvalue weighted by Crippen LogP contribution is -2.50. The minimum Gasteiger partial charge on any atom is -0.496 e. The number of benzene rings is 1. The summed E-state index contributed by atoms with van der Waals surface area (Å²) < 4.78 is 11.0. The Morgan fingerprint density at radius 3 is 2.93 bits per heavy atom. The standard InChI is InChI=1S/C20H30ClN3O4/c1-27-19-9-17(22)16(21)8-15(19)20(26)23-10-13-5-6-24(12-18(13)25)11-14-4-2-3-7-28-14/h8-9,13-14,18,25H,2-7,10-12,22H2,1H3,(H,23,26). The largest absolute Gasteiger partial charge is 0.496 e. The predicted molar refractivity (Wildman–Crippen MR) is 109 cm³/mol. The van der Waals surface area contributed by atoms with Crippen LogP contribution < -0.4 is 15.8 Å². The van der Waals surface area contributed by atoms with E-state index in [-0.39, 0.29) is 17.9 Å². The zero-order valence-electron chi connectivity index (χ0n) is 16.3. The monoisotopic (exact) mass is 411 g/mol. The Bertz CT molecular complexity index is 682. The minimum atomic E-state index is -0.477. The molecule has 7 nitrogen and oxygen atoms in total. The number of nitrogens with two attached hydrogens (primary N) is 1. The van der Waals surface area contributed by atoms with E-state index < -0.39 is 6.10 Å². The molecule has 1 aromatic rings. The van der Waals surface area contributed by atoms with Gasteiger partial charge in [-0.1, -0.05) is 11.6 Å². The number of aliphatic hydroxyl groups excluding tert-OH is 1. The second-order valence-corrected chi connectivity index (χ2v) is 8.06. The van der Waals surface area contributed by atoms with Crippen molar-refractivity contribution in [2.75, 3.05) is 45.6 Å². The number of methoxy groups -OCH3 is 1. The van der Waals surface area contributed by atoms with E-state index >= 15 is 0 Å². The van der Waals surface area contributed by atoms with Crippen LogP contribution in [0.3, 0.4) is 0 Å². The van der Waals surface area contributed by atoms with Crippen LogP contribution in [0.1, 0.15) is 36.0 Å². The van der Waals surface area contributed by atoms with Gasteiger partial charge in [-0.15, -0.1) is 0 Å². The number of β-amino-alcohol motifs (C(OH)–C–C–N with tert-alkyl or cyclic N) is 1. The molecule has 2 fully saturated rings. The molecule has 0 aliphatic carbocycles. The number of hydrogen-bond donors (Lipinski definition) is 3. The summed E-state index contributed by atoms with van der Waals surface area (Å²) in [5.74, 6) is 0.106. The van der Waals surface area contributed by atoms with Crippen LogP contribution in [0.25, 0.3) is 0 Å². The smallest absolute Gasteiger partial charge is 0.255 e. The van der Waals surface area contributed by atoms with Crippen molar-refractivity contribution in [3.63, 3.8) is 0 Å². The molecule has 0 aromatic heterocycles. The van der Waals surface area contributed by atoms with Crippen LogP contribution in [-0.2, 0) is 4.74 Å². The number of nitrogens with zero attached hydrogens (tertiary/aromatic N) is 1. The first-order chi connectivity index (χ1) is 13.5. The van der Waals surface area contributed by atoms with Gasteiger partial charge in [0.2, 0.25) is 0 Å². The van der Waals surface area contributed by atoms with Gasteiger partial charge in [0.05, 0.1) is 35.6 Å². The zero-order valence-corrected chi connectivity index (χ0v) is 17.1. The van der Waals surface area contributed by atoms with Gasteiger partial charge >= 0.3 is 0 Å². The predicted octanol–water partition coefficient (Wildman–Crippen LogP) is 1.91. The summed E-state index contributed by atoms with van der Waals surface area (Å²) in [5, 5.41) is 13.7.